The Labute approximate surface area is 82.5 Å². The summed E-state index contributed by atoms with van der Waals surface area (Å²) in [6.07, 6.45) is -0.0787. The molecule has 1 saturated heterocycles. The van der Waals surface area contributed by atoms with Crippen molar-refractivity contribution in [3.63, 3.8) is 0 Å². The molecule has 4 nitrogen and oxygen atoms in total. The summed E-state index contributed by atoms with van der Waals surface area (Å²) in [5, 5.41) is 5.94. The highest BCUT2D eigenvalue weighted by atomic mass is 16.2. The van der Waals surface area contributed by atoms with E-state index in [0.29, 0.717) is 6.42 Å². The van der Waals surface area contributed by atoms with Crippen LogP contribution in [0.25, 0.3) is 0 Å². The van der Waals surface area contributed by atoms with Crippen LogP contribution in [-0.4, -0.2) is 12.1 Å². The molecule has 0 radical (unpaired) electrons. The van der Waals surface area contributed by atoms with Gasteiger partial charge >= 0.3 is 0 Å². The maximum absolute atomic E-state index is 11.2. The molecule has 1 amide bonds. The van der Waals surface area contributed by atoms with Crippen molar-refractivity contribution in [2.75, 3.05) is 0 Å². The van der Waals surface area contributed by atoms with Crippen molar-refractivity contribution in [1.82, 2.24) is 10.6 Å². The van der Waals surface area contributed by atoms with Crippen LogP contribution >= 0.6 is 0 Å². The summed E-state index contributed by atoms with van der Waals surface area (Å²) < 4.78 is 0. The Hall–Kier alpha value is -1.39. The third-order valence-electron chi connectivity index (χ3n) is 2.22. The van der Waals surface area contributed by atoms with Gasteiger partial charge < -0.3 is 11.1 Å². The van der Waals surface area contributed by atoms with E-state index in [1.807, 2.05) is 30.3 Å². The van der Waals surface area contributed by atoms with E-state index in [2.05, 4.69) is 10.6 Å². The Morgan fingerprint density at radius 3 is 2.64 bits per heavy atom. The van der Waals surface area contributed by atoms with Gasteiger partial charge in [0.1, 0.15) is 6.17 Å². The Morgan fingerprint density at radius 1 is 1.29 bits per heavy atom. The highest BCUT2D eigenvalue weighted by Gasteiger charge is 2.23. The lowest BCUT2D eigenvalue weighted by atomic mass is 10.1. The van der Waals surface area contributed by atoms with Crippen molar-refractivity contribution in [2.45, 2.75) is 18.8 Å². The van der Waals surface area contributed by atoms with Crippen molar-refractivity contribution in [1.29, 1.82) is 0 Å². The third-order valence-corrected chi connectivity index (χ3v) is 2.22. The monoisotopic (exact) mass is 191 g/mol. The molecular weight excluding hydrogens is 178 g/mol. The standard InChI is InChI=1S/C10H13N3O/c11-8-6-9(14)13-10(12-8)7-4-2-1-3-5-7/h1-5,8,10,12H,6,11H2,(H,13,14). The minimum atomic E-state index is -0.256. The van der Waals surface area contributed by atoms with Gasteiger partial charge in [0, 0.05) is 0 Å². The molecule has 1 aromatic carbocycles. The van der Waals surface area contributed by atoms with Crippen molar-refractivity contribution >= 4 is 5.91 Å². The molecule has 1 fully saturated rings. The zero-order chi connectivity index (χ0) is 9.97. The van der Waals surface area contributed by atoms with Crippen molar-refractivity contribution in [3.8, 4) is 0 Å². The number of hydrogen-bond acceptors (Lipinski definition) is 3. The maximum atomic E-state index is 11.2. The lowest BCUT2D eigenvalue weighted by Gasteiger charge is -2.29. The largest absolute Gasteiger partial charge is 0.337 e. The summed E-state index contributed by atoms with van der Waals surface area (Å²) in [4.78, 5) is 11.2. The molecule has 1 heterocycles. The average Bonchev–Trinajstić information content (AvgIpc) is 2.18. The lowest BCUT2D eigenvalue weighted by Crippen LogP contribution is -2.54. The van der Waals surface area contributed by atoms with Gasteiger partial charge in [-0.25, -0.2) is 0 Å². The van der Waals surface area contributed by atoms with Crippen LogP contribution in [0, 0.1) is 0 Å². The smallest absolute Gasteiger partial charge is 0.224 e. The van der Waals surface area contributed by atoms with E-state index >= 15 is 0 Å². The molecule has 2 atom stereocenters. The second-order valence-corrected chi connectivity index (χ2v) is 3.39. The summed E-state index contributed by atoms with van der Waals surface area (Å²) in [6.45, 7) is 0. The third kappa shape index (κ3) is 1.92. The first-order valence-corrected chi connectivity index (χ1v) is 4.61. The normalized spacial score (nSPS) is 27.1. The molecule has 0 saturated carbocycles. The van der Waals surface area contributed by atoms with Gasteiger partial charge in [-0.3, -0.25) is 10.1 Å². The van der Waals surface area contributed by atoms with Crippen LogP contribution in [-0.2, 0) is 4.79 Å². The first-order valence-electron chi connectivity index (χ1n) is 4.61. The molecule has 14 heavy (non-hydrogen) atoms. The number of amides is 1. The number of benzene rings is 1. The Morgan fingerprint density at radius 2 is 2.00 bits per heavy atom. The molecular formula is C10H13N3O. The fourth-order valence-electron chi connectivity index (χ4n) is 1.56. The number of carbonyl (C=O) groups is 1. The topological polar surface area (TPSA) is 67.2 Å². The van der Waals surface area contributed by atoms with E-state index in [0.717, 1.165) is 5.56 Å². The Bertz CT molecular complexity index is 325. The molecule has 1 aliphatic rings. The highest BCUT2D eigenvalue weighted by Crippen LogP contribution is 2.13. The van der Waals surface area contributed by atoms with E-state index in [1.165, 1.54) is 0 Å². The van der Waals surface area contributed by atoms with Gasteiger partial charge in [0.05, 0.1) is 12.6 Å². The number of nitrogens with one attached hydrogen (secondary N) is 2. The first kappa shape index (κ1) is 9.18. The zero-order valence-corrected chi connectivity index (χ0v) is 7.73. The van der Waals surface area contributed by atoms with Gasteiger partial charge in [-0.2, -0.15) is 0 Å². The van der Waals surface area contributed by atoms with Crippen LogP contribution in [0.15, 0.2) is 30.3 Å². The molecule has 4 heteroatoms. The zero-order valence-electron chi connectivity index (χ0n) is 7.73. The van der Waals surface area contributed by atoms with Gasteiger partial charge in [-0.1, -0.05) is 30.3 Å². The number of nitrogens with two attached hydrogens (primary N) is 1. The SMILES string of the molecule is NC1CC(=O)NC(c2ccccc2)N1. The molecule has 1 aliphatic heterocycles. The molecule has 4 N–H and O–H groups in total. The van der Waals surface area contributed by atoms with Crippen molar-refractivity contribution in [2.24, 2.45) is 5.73 Å². The number of carbonyl (C=O) groups excluding carboxylic acids is 1. The van der Waals surface area contributed by atoms with E-state index < -0.39 is 0 Å². The Kier molecular flexibility index (Phi) is 2.47. The maximum Gasteiger partial charge on any atom is 0.224 e. The number of rotatable bonds is 1. The molecule has 0 aliphatic carbocycles. The van der Waals surface area contributed by atoms with E-state index in [4.69, 9.17) is 5.73 Å². The van der Waals surface area contributed by atoms with E-state index in [-0.39, 0.29) is 18.2 Å². The molecule has 0 bridgehead atoms. The van der Waals surface area contributed by atoms with Crippen LogP contribution in [0.2, 0.25) is 0 Å². The predicted molar refractivity (Wildman–Crippen MR) is 53.1 cm³/mol. The summed E-state index contributed by atoms with van der Waals surface area (Å²) in [7, 11) is 0. The van der Waals surface area contributed by atoms with Gasteiger partial charge in [-0.15, -0.1) is 0 Å². The van der Waals surface area contributed by atoms with Crippen LogP contribution < -0.4 is 16.4 Å². The predicted octanol–water partition coefficient (Wildman–Crippen LogP) is 0.0795. The van der Waals surface area contributed by atoms with Crippen LogP contribution in [0.3, 0.4) is 0 Å². The first-order chi connectivity index (χ1) is 6.75. The van der Waals surface area contributed by atoms with E-state index in [9.17, 15) is 4.79 Å². The van der Waals surface area contributed by atoms with Crippen LogP contribution in [0.1, 0.15) is 18.2 Å². The van der Waals surface area contributed by atoms with Crippen molar-refractivity contribution in [3.05, 3.63) is 35.9 Å². The quantitative estimate of drug-likeness (QED) is 0.589. The fourth-order valence-corrected chi connectivity index (χ4v) is 1.56. The van der Waals surface area contributed by atoms with Crippen molar-refractivity contribution < 1.29 is 4.79 Å². The molecule has 74 valence electrons. The second-order valence-electron chi connectivity index (χ2n) is 3.39. The highest BCUT2D eigenvalue weighted by molar-refractivity contribution is 5.77. The van der Waals surface area contributed by atoms with Crippen LogP contribution in [0.5, 0.6) is 0 Å². The van der Waals surface area contributed by atoms with Gasteiger partial charge in [0.25, 0.3) is 0 Å². The lowest BCUT2D eigenvalue weighted by molar-refractivity contribution is -0.124. The average molecular weight is 191 g/mol. The van der Waals surface area contributed by atoms with Gasteiger partial charge in [0.15, 0.2) is 0 Å². The summed E-state index contributed by atoms with van der Waals surface area (Å²) in [5.74, 6) is -0.00916. The van der Waals surface area contributed by atoms with Gasteiger partial charge in [0.2, 0.25) is 5.91 Å². The van der Waals surface area contributed by atoms with Crippen LogP contribution in [0.4, 0.5) is 0 Å². The van der Waals surface area contributed by atoms with E-state index in [1.54, 1.807) is 0 Å². The molecule has 0 aromatic heterocycles. The molecule has 2 rings (SSSR count). The minimum absolute atomic E-state index is 0.00916. The number of hydrogen-bond donors (Lipinski definition) is 3. The Balaban J connectivity index is 2.15. The minimum Gasteiger partial charge on any atom is -0.337 e. The fraction of sp³-hybridized carbons (Fsp3) is 0.300. The summed E-state index contributed by atoms with van der Waals surface area (Å²) >= 11 is 0. The summed E-state index contributed by atoms with van der Waals surface area (Å²) in [6, 6.07) is 9.71. The molecule has 0 spiro atoms. The molecule has 2 unspecified atom stereocenters. The summed E-state index contributed by atoms with van der Waals surface area (Å²) in [5.41, 5.74) is 6.71. The second kappa shape index (κ2) is 3.77. The molecule has 1 aromatic rings. The van der Waals surface area contributed by atoms with Gasteiger partial charge in [-0.05, 0) is 5.56 Å².